The molecule has 0 aliphatic carbocycles. The van der Waals surface area contributed by atoms with Crippen LogP contribution in [0.25, 0.3) is 11.3 Å². The summed E-state index contributed by atoms with van der Waals surface area (Å²) in [7, 11) is 0. The Balaban J connectivity index is 1.58. The van der Waals surface area contributed by atoms with Gasteiger partial charge in [0.15, 0.2) is 6.61 Å². The van der Waals surface area contributed by atoms with Crippen LogP contribution in [-0.4, -0.2) is 12.0 Å². The topological polar surface area (TPSA) is 68.5 Å². The van der Waals surface area contributed by atoms with Crippen LogP contribution in [0.5, 0.6) is 0 Å². The van der Waals surface area contributed by atoms with Crippen molar-refractivity contribution in [1.29, 1.82) is 0 Å². The number of amides is 2. The average molecular weight is 435 g/mol. The van der Waals surface area contributed by atoms with Gasteiger partial charge in [-0.25, -0.2) is 4.79 Å². The Kier molecular flexibility index (Phi) is 5.75. The van der Waals surface area contributed by atoms with Crippen LogP contribution in [0.1, 0.15) is 16.1 Å². The summed E-state index contributed by atoms with van der Waals surface area (Å²) in [6.07, 6.45) is -0.881. The number of hydrogen-bond donors (Lipinski definition) is 1. The normalized spacial score (nSPS) is 10.4. The van der Waals surface area contributed by atoms with Gasteiger partial charge in [0.2, 0.25) is 0 Å². The predicted octanol–water partition coefficient (Wildman–Crippen LogP) is 5.43. The van der Waals surface area contributed by atoms with Crippen LogP contribution >= 0.6 is 27.5 Å². The Labute approximate surface area is 163 Å². The summed E-state index contributed by atoms with van der Waals surface area (Å²) in [5, 5.41) is 2.37. The Hall–Kier alpha value is -2.57. The molecule has 0 saturated heterocycles. The molecule has 0 saturated carbocycles. The lowest BCUT2D eigenvalue weighted by Gasteiger charge is -2.06. The van der Waals surface area contributed by atoms with Crippen molar-refractivity contribution in [3.8, 4) is 11.3 Å². The Morgan fingerprint density at radius 2 is 1.77 bits per heavy atom. The van der Waals surface area contributed by atoms with Gasteiger partial charge in [0, 0.05) is 10.0 Å². The molecule has 0 aliphatic heterocycles. The number of benzene rings is 2. The van der Waals surface area contributed by atoms with E-state index in [9.17, 15) is 9.59 Å². The SMILES string of the molecule is O=C(NC(=O)c1ccccc1Cl)OCc1ccc(-c2ccccc2Br)o1. The van der Waals surface area contributed by atoms with E-state index < -0.39 is 12.0 Å². The van der Waals surface area contributed by atoms with Crippen LogP contribution in [-0.2, 0) is 11.3 Å². The maximum absolute atomic E-state index is 12.0. The number of hydrogen-bond acceptors (Lipinski definition) is 4. The largest absolute Gasteiger partial charge is 0.457 e. The van der Waals surface area contributed by atoms with Gasteiger partial charge in [-0.3, -0.25) is 10.1 Å². The fourth-order valence-electron chi connectivity index (χ4n) is 2.24. The van der Waals surface area contributed by atoms with Crippen molar-refractivity contribution in [1.82, 2.24) is 5.32 Å². The molecule has 0 spiro atoms. The van der Waals surface area contributed by atoms with E-state index in [4.69, 9.17) is 20.8 Å². The summed E-state index contributed by atoms with van der Waals surface area (Å²) in [4.78, 5) is 23.8. The predicted molar refractivity (Wildman–Crippen MR) is 101 cm³/mol. The first kappa shape index (κ1) is 18.2. The number of rotatable bonds is 4. The minimum Gasteiger partial charge on any atom is -0.457 e. The zero-order chi connectivity index (χ0) is 18.5. The maximum atomic E-state index is 12.0. The molecule has 0 atom stereocenters. The van der Waals surface area contributed by atoms with Crippen molar-refractivity contribution in [3.63, 3.8) is 0 Å². The van der Waals surface area contributed by atoms with Gasteiger partial charge in [0.1, 0.15) is 11.5 Å². The monoisotopic (exact) mass is 433 g/mol. The van der Waals surface area contributed by atoms with Crippen molar-refractivity contribution in [3.05, 3.63) is 81.5 Å². The lowest BCUT2D eigenvalue weighted by atomic mass is 10.2. The lowest BCUT2D eigenvalue weighted by molar-refractivity contribution is 0.0903. The summed E-state index contributed by atoms with van der Waals surface area (Å²) < 4.78 is 11.6. The zero-order valence-electron chi connectivity index (χ0n) is 13.4. The molecule has 0 fully saturated rings. The first-order valence-corrected chi connectivity index (χ1v) is 8.78. The third-order valence-corrected chi connectivity index (χ3v) is 4.50. The molecule has 1 aromatic heterocycles. The number of halogens is 2. The maximum Gasteiger partial charge on any atom is 0.414 e. The molecule has 132 valence electrons. The van der Waals surface area contributed by atoms with E-state index in [0.29, 0.717) is 11.5 Å². The molecule has 3 rings (SSSR count). The molecular weight excluding hydrogens is 422 g/mol. The summed E-state index contributed by atoms with van der Waals surface area (Å²) in [5.41, 5.74) is 1.08. The molecule has 1 heterocycles. The number of carbonyl (C=O) groups is 2. The molecule has 0 radical (unpaired) electrons. The minimum absolute atomic E-state index is 0.105. The second-order valence-electron chi connectivity index (χ2n) is 5.26. The van der Waals surface area contributed by atoms with E-state index in [2.05, 4.69) is 21.2 Å². The van der Waals surface area contributed by atoms with Gasteiger partial charge in [0.25, 0.3) is 5.91 Å². The number of carbonyl (C=O) groups excluding carboxylic acids is 2. The summed E-state index contributed by atoms with van der Waals surface area (Å²) in [5.74, 6) is 0.466. The van der Waals surface area contributed by atoms with Crippen LogP contribution in [0.4, 0.5) is 4.79 Å². The number of nitrogens with one attached hydrogen (secondary N) is 1. The van der Waals surface area contributed by atoms with Crippen molar-refractivity contribution in [2.24, 2.45) is 0 Å². The van der Waals surface area contributed by atoms with Crippen LogP contribution in [0.15, 0.2) is 69.6 Å². The summed E-state index contributed by atoms with van der Waals surface area (Å²) in [6.45, 7) is -0.105. The molecule has 0 unspecified atom stereocenters. The third kappa shape index (κ3) is 4.33. The van der Waals surface area contributed by atoms with Gasteiger partial charge in [-0.15, -0.1) is 0 Å². The summed E-state index contributed by atoms with van der Waals surface area (Å²) >= 11 is 9.37. The molecule has 7 heteroatoms. The van der Waals surface area contributed by atoms with Gasteiger partial charge in [-0.2, -0.15) is 0 Å². The molecule has 26 heavy (non-hydrogen) atoms. The molecule has 2 amide bonds. The third-order valence-electron chi connectivity index (χ3n) is 3.48. The van der Waals surface area contributed by atoms with Crippen LogP contribution in [0.3, 0.4) is 0 Å². The molecule has 0 aliphatic rings. The first-order chi connectivity index (χ1) is 12.5. The Morgan fingerprint density at radius 3 is 2.54 bits per heavy atom. The second kappa shape index (κ2) is 8.21. The van der Waals surface area contributed by atoms with Gasteiger partial charge in [-0.05, 0) is 30.3 Å². The standard InChI is InChI=1S/C19H13BrClNO4/c20-15-7-3-1-5-13(15)17-10-9-12(26-17)11-25-19(24)22-18(23)14-6-2-4-8-16(14)21/h1-10H,11H2,(H,22,23,24). The number of ether oxygens (including phenoxy) is 1. The van der Waals surface area contributed by atoms with Crippen molar-refractivity contribution >= 4 is 39.5 Å². The molecule has 2 aromatic carbocycles. The van der Waals surface area contributed by atoms with Crippen molar-refractivity contribution in [2.45, 2.75) is 6.61 Å². The molecule has 3 aromatic rings. The zero-order valence-corrected chi connectivity index (χ0v) is 15.7. The van der Waals surface area contributed by atoms with E-state index in [1.807, 2.05) is 24.3 Å². The molecule has 1 N–H and O–H groups in total. The van der Waals surface area contributed by atoms with E-state index in [-0.39, 0.29) is 17.2 Å². The number of furan rings is 1. The molecule has 5 nitrogen and oxygen atoms in total. The highest BCUT2D eigenvalue weighted by molar-refractivity contribution is 9.10. The highest BCUT2D eigenvalue weighted by Crippen LogP contribution is 2.29. The van der Waals surface area contributed by atoms with Gasteiger partial charge >= 0.3 is 6.09 Å². The Morgan fingerprint density at radius 1 is 1.04 bits per heavy atom. The average Bonchev–Trinajstić information content (AvgIpc) is 3.09. The highest BCUT2D eigenvalue weighted by atomic mass is 79.9. The Bertz CT molecular complexity index is 954. The van der Waals surface area contributed by atoms with Gasteiger partial charge in [-0.1, -0.05) is 57.9 Å². The van der Waals surface area contributed by atoms with E-state index >= 15 is 0 Å². The van der Waals surface area contributed by atoms with Gasteiger partial charge < -0.3 is 9.15 Å². The number of imide groups is 1. The molecule has 0 bridgehead atoms. The van der Waals surface area contributed by atoms with Crippen molar-refractivity contribution in [2.75, 3.05) is 0 Å². The number of alkyl carbamates (subject to hydrolysis) is 1. The van der Waals surface area contributed by atoms with E-state index in [1.54, 1.807) is 30.3 Å². The van der Waals surface area contributed by atoms with Crippen LogP contribution < -0.4 is 5.32 Å². The fourth-order valence-corrected chi connectivity index (χ4v) is 2.94. The quantitative estimate of drug-likeness (QED) is 0.594. The first-order valence-electron chi connectivity index (χ1n) is 7.61. The van der Waals surface area contributed by atoms with Gasteiger partial charge in [0.05, 0.1) is 10.6 Å². The van der Waals surface area contributed by atoms with E-state index in [0.717, 1.165) is 10.0 Å². The minimum atomic E-state index is -0.881. The van der Waals surface area contributed by atoms with Crippen LogP contribution in [0.2, 0.25) is 5.02 Å². The second-order valence-corrected chi connectivity index (χ2v) is 6.52. The molecular formula is C19H13BrClNO4. The fraction of sp³-hybridized carbons (Fsp3) is 0.0526. The highest BCUT2D eigenvalue weighted by Gasteiger charge is 2.15. The van der Waals surface area contributed by atoms with Crippen LogP contribution in [0, 0.1) is 0 Å². The smallest absolute Gasteiger partial charge is 0.414 e. The lowest BCUT2D eigenvalue weighted by Crippen LogP contribution is -2.31. The summed E-state index contributed by atoms with van der Waals surface area (Å²) in [6, 6.07) is 17.5. The van der Waals surface area contributed by atoms with E-state index in [1.165, 1.54) is 6.07 Å². The van der Waals surface area contributed by atoms with Crippen molar-refractivity contribution < 1.29 is 18.7 Å².